The Hall–Kier alpha value is -2.05. The molecule has 2 aromatic heterocycles. The average Bonchev–Trinajstić information content (AvgIpc) is 3.13. The molecule has 114 valence electrons. The van der Waals surface area contributed by atoms with Crippen molar-refractivity contribution in [3.05, 3.63) is 36.4 Å². The number of aromatic nitrogens is 4. The van der Waals surface area contributed by atoms with Crippen LogP contribution in [0, 0.1) is 5.41 Å². The van der Waals surface area contributed by atoms with E-state index in [1.165, 1.54) is 0 Å². The van der Waals surface area contributed by atoms with E-state index in [0.717, 1.165) is 28.8 Å². The van der Waals surface area contributed by atoms with Gasteiger partial charge in [-0.15, -0.1) is 5.10 Å². The van der Waals surface area contributed by atoms with E-state index in [4.69, 9.17) is 4.98 Å². The predicted octanol–water partition coefficient (Wildman–Crippen LogP) is 2.23. The molecule has 3 aromatic rings. The van der Waals surface area contributed by atoms with E-state index in [0.29, 0.717) is 6.04 Å². The van der Waals surface area contributed by atoms with Crippen molar-refractivity contribution in [1.29, 1.82) is 0 Å². The second-order valence-corrected chi connectivity index (χ2v) is 7.00. The number of rotatable bonds is 1. The lowest BCUT2D eigenvalue weighted by Gasteiger charge is -2.25. The van der Waals surface area contributed by atoms with Crippen molar-refractivity contribution >= 4 is 16.6 Å². The van der Waals surface area contributed by atoms with E-state index in [1.54, 1.807) is 10.8 Å². The molecule has 4 rings (SSSR count). The summed E-state index contributed by atoms with van der Waals surface area (Å²) in [5.74, 6) is 0.817. The van der Waals surface area contributed by atoms with Crippen LogP contribution >= 0.6 is 0 Å². The molecular formula is C16H20N6. The number of nitrogens with one attached hydrogen (secondary N) is 2. The van der Waals surface area contributed by atoms with Gasteiger partial charge in [0, 0.05) is 11.4 Å². The number of fused-ring (bicyclic) bond motifs is 3. The van der Waals surface area contributed by atoms with Crippen molar-refractivity contribution in [1.82, 2.24) is 30.4 Å². The van der Waals surface area contributed by atoms with Crippen LogP contribution in [0.25, 0.3) is 16.6 Å². The molecule has 1 saturated heterocycles. The Morgan fingerprint density at radius 1 is 1.18 bits per heavy atom. The van der Waals surface area contributed by atoms with E-state index >= 15 is 0 Å². The van der Waals surface area contributed by atoms with Gasteiger partial charge in [-0.25, -0.2) is 19.9 Å². The number of nitrogens with zero attached hydrogens (tertiary/aromatic N) is 4. The summed E-state index contributed by atoms with van der Waals surface area (Å²) in [6.45, 7) is 6.72. The third kappa shape index (κ3) is 2.15. The largest absolute Gasteiger partial charge is 0.253 e. The van der Waals surface area contributed by atoms with Gasteiger partial charge in [-0.05, 0) is 24.0 Å². The second-order valence-electron chi connectivity index (χ2n) is 7.00. The van der Waals surface area contributed by atoms with Crippen molar-refractivity contribution in [2.24, 2.45) is 5.41 Å². The van der Waals surface area contributed by atoms with E-state index in [1.807, 2.05) is 24.3 Å². The molecule has 3 heterocycles. The van der Waals surface area contributed by atoms with Crippen LogP contribution in [0.15, 0.2) is 30.6 Å². The van der Waals surface area contributed by atoms with Crippen LogP contribution in [0.3, 0.4) is 0 Å². The first-order valence-electron chi connectivity index (χ1n) is 7.63. The summed E-state index contributed by atoms with van der Waals surface area (Å²) in [7, 11) is 0. The van der Waals surface area contributed by atoms with Crippen LogP contribution in [-0.2, 0) is 0 Å². The van der Waals surface area contributed by atoms with E-state index < -0.39 is 0 Å². The van der Waals surface area contributed by atoms with Crippen LogP contribution in [0.5, 0.6) is 0 Å². The molecule has 2 atom stereocenters. The van der Waals surface area contributed by atoms with Crippen LogP contribution in [-0.4, -0.2) is 25.6 Å². The minimum absolute atomic E-state index is 0.128. The Balaban J connectivity index is 1.73. The summed E-state index contributed by atoms with van der Waals surface area (Å²) in [5, 5.41) is 5.63. The van der Waals surface area contributed by atoms with Crippen LogP contribution in [0.1, 0.15) is 39.1 Å². The SMILES string of the molecule is CC(C)(C)C1CC(c2nc3c4ccccc4ncn3n2)NN1. The molecule has 0 spiro atoms. The summed E-state index contributed by atoms with van der Waals surface area (Å²) in [4.78, 5) is 9.18. The van der Waals surface area contributed by atoms with Gasteiger partial charge in [-0.3, -0.25) is 5.43 Å². The summed E-state index contributed by atoms with van der Waals surface area (Å²) in [5.41, 5.74) is 8.71. The van der Waals surface area contributed by atoms with Crippen molar-refractivity contribution < 1.29 is 0 Å². The minimum Gasteiger partial charge on any atom is -0.253 e. The van der Waals surface area contributed by atoms with Crippen molar-refractivity contribution in [3.63, 3.8) is 0 Å². The molecule has 2 unspecified atom stereocenters. The number of hydrazine groups is 1. The van der Waals surface area contributed by atoms with Gasteiger partial charge in [0.2, 0.25) is 0 Å². The minimum atomic E-state index is 0.128. The molecule has 1 aliphatic rings. The Kier molecular flexibility index (Phi) is 2.92. The Morgan fingerprint density at radius 2 is 2.00 bits per heavy atom. The lowest BCUT2D eigenvalue weighted by Crippen LogP contribution is -2.39. The zero-order chi connectivity index (χ0) is 15.3. The molecule has 0 saturated carbocycles. The summed E-state index contributed by atoms with van der Waals surface area (Å²) >= 11 is 0. The first-order chi connectivity index (χ1) is 10.5. The maximum Gasteiger partial charge on any atom is 0.170 e. The normalized spacial score (nSPS) is 22.7. The van der Waals surface area contributed by atoms with Gasteiger partial charge in [0.15, 0.2) is 11.5 Å². The molecule has 0 radical (unpaired) electrons. The predicted molar refractivity (Wildman–Crippen MR) is 85.2 cm³/mol. The van der Waals surface area contributed by atoms with E-state index in [9.17, 15) is 0 Å². The van der Waals surface area contributed by atoms with Gasteiger partial charge in [0.1, 0.15) is 6.33 Å². The lowest BCUT2D eigenvalue weighted by atomic mass is 9.84. The highest BCUT2D eigenvalue weighted by Crippen LogP contribution is 2.30. The van der Waals surface area contributed by atoms with E-state index in [-0.39, 0.29) is 11.5 Å². The molecule has 1 aromatic carbocycles. The fraction of sp³-hybridized carbons (Fsp3) is 0.438. The maximum atomic E-state index is 4.75. The summed E-state index contributed by atoms with van der Waals surface area (Å²) < 4.78 is 1.77. The highest BCUT2D eigenvalue weighted by Gasteiger charge is 2.35. The first-order valence-corrected chi connectivity index (χ1v) is 7.63. The second kappa shape index (κ2) is 4.72. The van der Waals surface area contributed by atoms with Crippen LogP contribution in [0.4, 0.5) is 0 Å². The molecule has 6 nitrogen and oxygen atoms in total. The monoisotopic (exact) mass is 296 g/mol. The van der Waals surface area contributed by atoms with Crippen molar-refractivity contribution in [3.8, 4) is 0 Å². The Labute approximate surface area is 128 Å². The number of hydrogen-bond acceptors (Lipinski definition) is 5. The fourth-order valence-electron chi connectivity index (χ4n) is 2.94. The number of benzene rings is 1. The van der Waals surface area contributed by atoms with Gasteiger partial charge < -0.3 is 0 Å². The topological polar surface area (TPSA) is 67.1 Å². The standard InChI is InChI=1S/C16H20N6/c1-16(2,3)13-8-12(19-20-13)14-18-15-10-6-4-5-7-11(10)17-9-22(15)21-14/h4-7,9,12-13,19-20H,8H2,1-3H3. The van der Waals surface area contributed by atoms with Gasteiger partial charge >= 0.3 is 0 Å². The third-order valence-corrected chi connectivity index (χ3v) is 4.36. The number of hydrogen-bond donors (Lipinski definition) is 2. The molecule has 1 fully saturated rings. The number of para-hydroxylation sites is 1. The highest BCUT2D eigenvalue weighted by atomic mass is 15.4. The molecular weight excluding hydrogens is 276 g/mol. The average molecular weight is 296 g/mol. The fourth-order valence-corrected chi connectivity index (χ4v) is 2.94. The molecule has 1 aliphatic heterocycles. The zero-order valence-electron chi connectivity index (χ0n) is 13.0. The zero-order valence-corrected chi connectivity index (χ0v) is 13.0. The molecule has 22 heavy (non-hydrogen) atoms. The van der Waals surface area contributed by atoms with Crippen LogP contribution < -0.4 is 10.9 Å². The van der Waals surface area contributed by atoms with Gasteiger partial charge in [0.25, 0.3) is 0 Å². The van der Waals surface area contributed by atoms with Crippen molar-refractivity contribution in [2.75, 3.05) is 0 Å². The van der Waals surface area contributed by atoms with Gasteiger partial charge in [-0.2, -0.15) is 0 Å². The lowest BCUT2D eigenvalue weighted by molar-refractivity contribution is 0.285. The quantitative estimate of drug-likeness (QED) is 0.721. The van der Waals surface area contributed by atoms with Crippen molar-refractivity contribution in [2.45, 2.75) is 39.3 Å². The molecule has 0 bridgehead atoms. The maximum absolute atomic E-state index is 4.75. The smallest absolute Gasteiger partial charge is 0.170 e. The summed E-state index contributed by atoms with van der Waals surface area (Å²) in [6, 6.07) is 8.55. The molecule has 2 N–H and O–H groups in total. The van der Waals surface area contributed by atoms with Gasteiger partial charge in [-0.1, -0.05) is 32.9 Å². The summed E-state index contributed by atoms with van der Waals surface area (Å²) in [6.07, 6.45) is 2.71. The van der Waals surface area contributed by atoms with Gasteiger partial charge in [0.05, 0.1) is 11.6 Å². The third-order valence-electron chi connectivity index (χ3n) is 4.36. The Bertz CT molecular complexity index is 831. The van der Waals surface area contributed by atoms with Crippen LogP contribution in [0.2, 0.25) is 0 Å². The molecule has 6 heteroatoms. The first kappa shape index (κ1) is 13.6. The van der Waals surface area contributed by atoms with E-state index in [2.05, 4.69) is 41.7 Å². The molecule has 0 amide bonds. The molecule has 0 aliphatic carbocycles. The highest BCUT2D eigenvalue weighted by molar-refractivity contribution is 5.90. The Morgan fingerprint density at radius 3 is 2.77 bits per heavy atom.